The molecule has 3 rings (SSSR count). The van der Waals surface area contributed by atoms with Gasteiger partial charge in [0, 0.05) is 13.1 Å². The molecule has 2 aromatic rings. The number of hydrogen-bond acceptors (Lipinski definition) is 2. The third-order valence-corrected chi connectivity index (χ3v) is 4.09. The number of fused-ring (bicyclic) bond motifs is 1. The molecule has 1 amide bonds. The molecule has 0 aliphatic heterocycles. The van der Waals surface area contributed by atoms with Crippen molar-refractivity contribution in [3.05, 3.63) is 65.6 Å². The lowest BCUT2D eigenvalue weighted by Crippen LogP contribution is -2.32. The molecule has 1 heterocycles. The Bertz CT molecular complexity index is 643. The summed E-state index contributed by atoms with van der Waals surface area (Å²) in [6.45, 7) is 0. The molecule has 1 atom stereocenters. The van der Waals surface area contributed by atoms with Crippen LogP contribution in [0.2, 0.25) is 0 Å². The Morgan fingerprint density at radius 3 is 2.95 bits per heavy atom. The van der Waals surface area contributed by atoms with Crippen LogP contribution in [0.4, 0.5) is 0 Å². The highest BCUT2D eigenvalue weighted by Crippen LogP contribution is 2.33. The monoisotopic (exact) mass is 281 g/mol. The second kappa shape index (κ2) is 6.00. The van der Waals surface area contributed by atoms with E-state index in [2.05, 4.69) is 18.2 Å². The van der Waals surface area contributed by atoms with Gasteiger partial charge in [-0.15, -0.1) is 0 Å². The van der Waals surface area contributed by atoms with Crippen molar-refractivity contribution >= 4 is 12.0 Å². The quantitative estimate of drug-likeness (QED) is 0.801. The Hall–Kier alpha value is -2.29. The van der Waals surface area contributed by atoms with E-state index >= 15 is 0 Å². The number of likely N-dealkylation sites (N-methyl/N-ethyl adjacent to an activating group) is 1. The molecule has 0 bridgehead atoms. The van der Waals surface area contributed by atoms with Crippen molar-refractivity contribution in [2.24, 2.45) is 0 Å². The highest BCUT2D eigenvalue weighted by atomic mass is 16.3. The molecule has 0 N–H and O–H groups in total. The van der Waals surface area contributed by atoms with Gasteiger partial charge in [-0.2, -0.15) is 0 Å². The zero-order valence-electron chi connectivity index (χ0n) is 12.2. The maximum Gasteiger partial charge on any atom is 0.246 e. The molecule has 0 unspecified atom stereocenters. The third-order valence-electron chi connectivity index (χ3n) is 4.09. The highest BCUT2D eigenvalue weighted by molar-refractivity contribution is 5.91. The summed E-state index contributed by atoms with van der Waals surface area (Å²) in [4.78, 5) is 14.2. The predicted molar refractivity (Wildman–Crippen MR) is 82.6 cm³/mol. The van der Waals surface area contributed by atoms with Gasteiger partial charge in [0.2, 0.25) is 5.91 Å². The number of benzene rings is 1. The van der Waals surface area contributed by atoms with Gasteiger partial charge in [-0.25, -0.2) is 0 Å². The average Bonchev–Trinajstić information content (AvgIpc) is 3.05. The molecule has 0 saturated carbocycles. The van der Waals surface area contributed by atoms with Crippen LogP contribution in [0.15, 0.2) is 53.2 Å². The third kappa shape index (κ3) is 2.92. The topological polar surface area (TPSA) is 33.5 Å². The van der Waals surface area contributed by atoms with Crippen LogP contribution in [0.1, 0.15) is 35.8 Å². The Balaban J connectivity index is 1.76. The minimum absolute atomic E-state index is 0.00750. The van der Waals surface area contributed by atoms with Crippen molar-refractivity contribution in [1.29, 1.82) is 0 Å². The molecular weight excluding hydrogens is 262 g/mol. The Labute approximate surface area is 124 Å². The molecule has 0 fully saturated rings. The first-order valence-electron chi connectivity index (χ1n) is 7.32. The van der Waals surface area contributed by atoms with Gasteiger partial charge in [-0.3, -0.25) is 4.79 Å². The van der Waals surface area contributed by atoms with Crippen LogP contribution in [0, 0.1) is 0 Å². The molecule has 0 spiro atoms. The highest BCUT2D eigenvalue weighted by Gasteiger charge is 2.25. The Morgan fingerprint density at radius 1 is 1.29 bits per heavy atom. The van der Waals surface area contributed by atoms with Crippen LogP contribution < -0.4 is 0 Å². The van der Waals surface area contributed by atoms with Gasteiger partial charge >= 0.3 is 0 Å². The van der Waals surface area contributed by atoms with Crippen LogP contribution >= 0.6 is 0 Å². The second-order valence-electron chi connectivity index (χ2n) is 5.40. The molecule has 1 aliphatic carbocycles. The number of furan rings is 1. The molecule has 3 heteroatoms. The van der Waals surface area contributed by atoms with E-state index in [-0.39, 0.29) is 11.9 Å². The summed E-state index contributed by atoms with van der Waals surface area (Å²) in [5.74, 6) is 0.703. The first kappa shape index (κ1) is 13.7. The molecule has 3 nitrogen and oxygen atoms in total. The minimum Gasteiger partial charge on any atom is -0.465 e. The van der Waals surface area contributed by atoms with Gasteiger partial charge in [-0.05, 0) is 48.6 Å². The van der Waals surface area contributed by atoms with E-state index in [0.717, 1.165) is 19.3 Å². The van der Waals surface area contributed by atoms with E-state index in [0.29, 0.717) is 5.76 Å². The van der Waals surface area contributed by atoms with E-state index < -0.39 is 0 Å². The van der Waals surface area contributed by atoms with Crippen molar-refractivity contribution < 1.29 is 9.21 Å². The number of carbonyl (C=O) groups is 1. The van der Waals surface area contributed by atoms with Crippen LogP contribution in [0.25, 0.3) is 6.08 Å². The standard InChI is InChI=1S/C18H19NO2/c1-19(18(20)12-11-15-8-5-13-21-15)17-10-4-7-14-6-2-3-9-16(14)17/h2-3,5-6,8-9,11-13,17H,4,7,10H2,1H3/b12-11+/t17-/m1/s1. The summed E-state index contributed by atoms with van der Waals surface area (Å²) in [5, 5.41) is 0. The van der Waals surface area contributed by atoms with Crippen LogP contribution in [0.3, 0.4) is 0 Å². The van der Waals surface area contributed by atoms with E-state index in [1.54, 1.807) is 18.4 Å². The predicted octanol–water partition coefficient (Wildman–Crippen LogP) is 3.83. The Morgan fingerprint density at radius 2 is 2.14 bits per heavy atom. The summed E-state index contributed by atoms with van der Waals surface area (Å²) >= 11 is 0. The summed E-state index contributed by atoms with van der Waals surface area (Å²) in [6.07, 6.45) is 8.15. The van der Waals surface area contributed by atoms with E-state index in [9.17, 15) is 4.79 Å². The lowest BCUT2D eigenvalue weighted by atomic mass is 9.87. The number of amides is 1. The number of hydrogen-bond donors (Lipinski definition) is 0. The summed E-state index contributed by atoms with van der Waals surface area (Å²) in [6, 6.07) is 12.2. The van der Waals surface area contributed by atoms with Gasteiger partial charge < -0.3 is 9.32 Å². The van der Waals surface area contributed by atoms with E-state index in [1.165, 1.54) is 11.1 Å². The summed E-state index contributed by atoms with van der Waals surface area (Å²) < 4.78 is 5.21. The number of carbonyl (C=O) groups excluding carboxylic acids is 1. The van der Waals surface area contributed by atoms with Gasteiger partial charge in [-0.1, -0.05) is 24.3 Å². The zero-order chi connectivity index (χ0) is 14.7. The Kier molecular flexibility index (Phi) is 3.91. The lowest BCUT2D eigenvalue weighted by molar-refractivity contribution is -0.127. The number of rotatable bonds is 3. The van der Waals surface area contributed by atoms with E-state index in [4.69, 9.17) is 4.42 Å². The maximum atomic E-state index is 12.3. The smallest absolute Gasteiger partial charge is 0.246 e. The molecule has 0 radical (unpaired) electrons. The second-order valence-corrected chi connectivity index (χ2v) is 5.40. The van der Waals surface area contributed by atoms with Gasteiger partial charge in [0.25, 0.3) is 0 Å². The fraction of sp³-hybridized carbons (Fsp3) is 0.278. The molecule has 21 heavy (non-hydrogen) atoms. The van der Waals surface area contributed by atoms with Gasteiger partial charge in [0.15, 0.2) is 0 Å². The van der Waals surface area contributed by atoms with Crippen molar-refractivity contribution in [1.82, 2.24) is 4.90 Å². The average molecular weight is 281 g/mol. The van der Waals surface area contributed by atoms with Crippen molar-refractivity contribution in [2.75, 3.05) is 7.05 Å². The largest absolute Gasteiger partial charge is 0.465 e. The fourth-order valence-electron chi connectivity index (χ4n) is 2.94. The molecule has 1 aliphatic rings. The SMILES string of the molecule is CN(C(=O)/C=C/c1ccco1)[C@@H]1CCCc2ccccc21. The maximum absolute atomic E-state index is 12.3. The summed E-state index contributed by atoms with van der Waals surface area (Å²) in [7, 11) is 1.88. The van der Waals surface area contributed by atoms with Crippen molar-refractivity contribution in [3.63, 3.8) is 0 Å². The van der Waals surface area contributed by atoms with Crippen LogP contribution in [-0.4, -0.2) is 17.9 Å². The molecule has 1 aromatic heterocycles. The normalized spacial score (nSPS) is 17.7. The first-order valence-corrected chi connectivity index (χ1v) is 7.32. The molecule has 0 saturated heterocycles. The van der Waals surface area contributed by atoms with Gasteiger partial charge in [0.05, 0.1) is 12.3 Å². The van der Waals surface area contributed by atoms with Crippen molar-refractivity contribution in [3.8, 4) is 0 Å². The summed E-state index contributed by atoms with van der Waals surface area (Å²) in [5.41, 5.74) is 2.65. The minimum atomic E-state index is 0.00750. The fourth-order valence-corrected chi connectivity index (χ4v) is 2.94. The first-order chi connectivity index (χ1) is 10.3. The van der Waals surface area contributed by atoms with E-state index in [1.807, 2.05) is 30.1 Å². The molecular formula is C18H19NO2. The lowest BCUT2D eigenvalue weighted by Gasteiger charge is -2.32. The van der Waals surface area contributed by atoms with Crippen molar-refractivity contribution in [2.45, 2.75) is 25.3 Å². The van der Waals surface area contributed by atoms with Gasteiger partial charge in [0.1, 0.15) is 5.76 Å². The number of nitrogens with zero attached hydrogens (tertiary/aromatic N) is 1. The zero-order valence-corrected chi connectivity index (χ0v) is 12.2. The number of aryl methyl sites for hydroxylation is 1. The molecule has 1 aromatic carbocycles. The van der Waals surface area contributed by atoms with Crippen LogP contribution in [0.5, 0.6) is 0 Å². The van der Waals surface area contributed by atoms with Crippen LogP contribution in [-0.2, 0) is 11.2 Å². The molecule has 108 valence electrons.